The molecule has 3 unspecified atom stereocenters. The number of aryl methyl sites for hydroxylation is 1. The van der Waals surface area contributed by atoms with E-state index in [1.165, 1.54) is 24.8 Å². The van der Waals surface area contributed by atoms with Crippen LogP contribution in [0.5, 0.6) is 0 Å². The van der Waals surface area contributed by atoms with Gasteiger partial charge in [0.05, 0.1) is 11.8 Å². The second-order valence-corrected chi connectivity index (χ2v) is 5.40. The molecule has 0 radical (unpaired) electrons. The lowest BCUT2D eigenvalue weighted by Gasteiger charge is -2.31. The zero-order valence-electron chi connectivity index (χ0n) is 10.9. The van der Waals surface area contributed by atoms with E-state index in [9.17, 15) is 5.11 Å². The van der Waals surface area contributed by atoms with Crippen molar-refractivity contribution in [1.82, 2.24) is 4.98 Å². The Bertz CT molecular complexity index is 364. The third kappa shape index (κ3) is 3.06. The van der Waals surface area contributed by atoms with Gasteiger partial charge in [0, 0.05) is 6.20 Å². The molecule has 1 saturated carbocycles. The second kappa shape index (κ2) is 5.63. The molecule has 0 amide bonds. The predicted molar refractivity (Wildman–Crippen MR) is 69.7 cm³/mol. The van der Waals surface area contributed by atoms with Gasteiger partial charge in [0.25, 0.3) is 0 Å². The molecule has 2 nitrogen and oxygen atoms in total. The largest absolute Gasteiger partial charge is 0.387 e. The van der Waals surface area contributed by atoms with E-state index in [0.29, 0.717) is 5.92 Å². The number of nitrogens with zero attached hydrogens (tertiary/aromatic N) is 1. The summed E-state index contributed by atoms with van der Waals surface area (Å²) < 4.78 is 0. The summed E-state index contributed by atoms with van der Waals surface area (Å²) in [7, 11) is 0. The Morgan fingerprint density at radius 1 is 1.47 bits per heavy atom. The van der Waals surface area contributed by atoms with Crippen molar-refractivity contribution in [2.24, 2.45) is 11.8 Å². The molecule has 2 rings (SSSR count). The summed E-state index contributed by atoms with van der Waals surface area (Å²) in [5.74, 6) is 1.20. The van der Waals surface area contributed by atoms with Crippen molar-refractivity contribution in [1.29, 1.82) is 0 Å². The SMILES string of the molecule is CCC1CCCC(C(O)c2cc(C)ccn2)C1. The molecule has 1 N–H and O–H groups in total. The molecule has 1 aromatic rings. The molecular formula is C15H23NO. The molecule has 0 saturated heterocycles. The summed E-state index contributed by atoms with van der Waals surface area (Å²) in [6.07, 6.45) is 7.57. The van der Waals surface area contributed by atoms with Crippen LogP contribution in [-0.4, -0.2) is 10.1 Å². The minimum Gasteiger partial charge on any atom is -0.387 e. The van der Waals surface area contributed by atoms with Crippen LogP contribution in [0.1, 0.15) is 56.4 Å². The van der Waals surface area contributed by atoms with E-state index >= 15 is 0 Å². The maximum absolute atomic E-state index is 10.4. The minimum absolute atomic E-state index is 0.371. The van der Waals surface area contributed by atoms with Gasteiger partial charge in [0.15, 0.2) is 0 Å². The summed E-state index contributed by atoms with van der Waals surface area (Å²) in [5, 5.41) is 10.4. The Balaban J connectivity index is 2.06. The molecule has 0 spiro atoms. The van der Waals surface area contributed by atoms with E-state index in [4.69, 9.17) is 0 Å². The number of pyridine rings is 1. The zero-order chi connectivity index (χ0) is 12.3. The molecule has 1 aliphatic carbocycles. The number of rotatable bonds is 3. The summed E-state index contributed by atoms with van der Waals surface area (Å²) >= 11 is 0. The standard InChI is InChI=1S/C15H23NO/c1-3-12-5-4-6-13(10-12)15(17)14-9-11(2)7-8-16-14/h7-9,12-13,15,17H,3-6,10H2,1-2H3. The van der Waals surface area contributed by atoms with Gasteiger partial charge in [0.1, 0.15) is 0 Å². The number of hydrogen-bond donors (Lipinski definition) is 1. The smallest absolute Gasteiger partial charge is 0.0987 e. The Labute approximate surface area is 104 Å². The zero-order valence-corrected chi connectivity index (χ0v) is 10.9. The lowest BCUT2D eigenvalue weighted by Crippen LogP contribution is -2.22. The van der Waals surface area contributed by atoms with E-state index < -0.39 is 0 Å². The first-order valence-electron chi connectivity index (χ1n) is 6.81. The van der Waals surface area contributed by atoms with Crippen LogP contribution in [0, 0.1) is 18.8 Å². The van der Waals surface area contributed by atoms with Crippen LogP contribution in [0.3, 0.4) is 0 Å². The van der Waals surface area contributed by atoms with E-state index in [-0.39, 0.29) is 6.10 Å². The van der Waals surface area contributed by atoms with Crippen LogP contribution in [-0.2, 0) is 0 Å². The highest BCUT2D eigenvalue weighted by molar-refractivity contribution is 5.16. The Hall–Kier alpha value is -0.890. The molecule has 3 atom stereocenters. The Kier molecular flexibility index (Phi) is 4.16. The molecule has 1 aromatic heterocycles. The highest BCUT2D eigenvalue weighted by Gasteiger charge is 2.28. The van der Waals surface area contributed by atoms with Crippen LogP contribution < -0.4 is 0 Å². The Morgan fingerprint density at radius 2 is 2.29 bits per heavy atom. The highest BCUT2D eigenvalue weighted by Crippen LogP contribution is 2.37. The summed E-state index contributed by atoms with van der Waals surface area (Å²) in [5.41, 5.74) is 2.03. The van der Waals surface area contributed by atoms with Gasteiger partial charge in [-0.15, -0.1) is 0 Å². The quantitative estimate of drug-likeness (QED) is 0.864. The first kappa shape index (κ1) is 12.6. The van der Waals surface area contributed by atoms with E-state index in [1.54, 1.807) is 6.20 Å². The van der Waals surface area contributed by atoms with E-state index in [0.717, 1.165) is 24.5 Å². The molecule has 2 heteroatoms. The van der Waals surface area contributed by atoms with Crippen molar-refractivity contribution in [3.63, 3.8) is 0 Å². The topological polar surface area (TPSA) is 33.1 Å². The number of aromatic nitrogens is 1. The fourth-order valence-corrected chi connectivity index (χ4v) is 2.95. The number of aliphatic hydroxyl groups is 1. The van der Waals surface area contributed by atoms with E-state index in [2.05, 4.69) is 11.9 Å². The first-order valence-corrected chi connectivity index (χ1v) is 6.81. The summed E-state index contributed by atoms with van der Waals surface area (Å²) in [4.78, 5) is 4.32. The van der Waals surface area contributed by atoms with Crippen LogP contribution in [0.2, 0.25) is 0 Å². The van der Waals surface area contributed by atoms with Gasteiger partial charge in [0.2, 0.25) is 0 Å². The second-order valence-electron chi connectivity index (χ2n) is 5.40. The van der Waals surface area contributed by atoms with Crippen molar-refractivity contribution in [3.05, 3.63) is 29.6 Å². The van der Waals surface area contributed by atoms with Crippen molar-refractivity contribution in [3.8, 4) is 0 Å². The molecule has 0 bridgehead atoms. The van der Waals surface area contributed by atoms with Crippen LogP contribution in [0.25, 0.3) is 0 Å². The molecular weight excluding hydrogens is 210 g/mol. The summed E-state index contributed by atoms with van der Waals surface area (Å²) in [6, 6.07) is 3.99. The van der Waals surface area contributed by atoms with Gasteiger partial charge in [-0.05, 0) is 49.3 Å². The minimum atomic E-state index is -0.371. The highest BCUT2D eigenvalue weighted by atomic mass is 16.3. The lowest BCUT2D eigenvalue weighted by molar-refractivity contribution is 0.0645. The van der Waals surface area contributed by atoms with Crippen LogP contribution >= 0.6 is 0 Å². The van der Waals surface area contributed by atoms with Gasteiger partial charge >= 0.3 is 0 Å². The van der Waals surface area contributed by atoms with Crippen molar-refractivity contribution >= 4 is 0 Å². The fraction of sp³-hybridized carbons (Fsp3) is 0.667. The molecule has 1 heterocycles. The normalized spacial score (nSPS) is 26.8. The van der Waals surface area contributed by atoms with Crippen molar-refractivity contribution < 1.29 is 5.11 Å². The molecule has 17 heavy (non-hydrogen) atoms. The van der Waals surface area contributed by atoms with Gasteiger partial charge < -0.3 is 5.11 Å². The van der Waals surface area contributed by atoms with Gasteiger partial charge in [-0.25, -0.2) is 0 Å². The molecule has 1 aliphatic rings. The third-order valence-electron chi connectivity index (χ3n) is 4.09. The average Bonchev–Trinajstić information content (AvgIpc) is 2.38. The third-order valence-corrected chi connectivity index (χ3v) is 4.09. The average molecular weight is 233 g/mol. The van der Waals surface area contributed by atoms with Crippen molar-refractivity contribution in [2.75, 3.05) is 0 Å². The van der Waals surface area contributed by atoms with Crippen LogP contribution in [0.15, 0.2) is 18.3 Å². The molecule has 94 valence electrons. The molecule has 0 aromatic carbocycles. The van der Waals surface area contributed by atoms with Crippen LogP contribution in [0.4, 0.5) is 0 Å². The predicted octanol–water partition coefficient (Wildman–Crippen LogP) is 3.64. The number of aliphatic hydroxyl groups excluding tert-OH is 1. The summed E-state index contributed by atoms with van der Waals surface area (Å²) in [6.45, 7) is 4.30. The number of hydrogen-bond acceptors (Lipinski definition) is 2. The van der Waals surface area contributed by atoms with Gasteiger partial charge in [-0.2, -0.15) is 0 Å². The monoisotopic (exact) mass is 233 g/mol. The first-order chi connectivity index (χ1) is 8.20. The van der Waals surface area contributed by atoms with Gasteiger partial charge in [-0.1, -0.05) is 26.2 Å². The van der Waals surface area contributed by atoms with Crippen molar-refractivity contribution in [2.45, 2.75) is 52.1 Å². The lowest BCUT2D eigenvalue weighted by atomic mass is 9.77. The van der Waals surface area contributed by atoms with Gasteiger partial charge in [-0.3, -0.25) is 4.98 Å². The molecule has 1 fully saturated rings. The maximum Gasteiger partial charge on any atom is 0.0987 e. The molecule has 0 aliphatic heterocycles. The van der Waals surface area contributed by atoms with E-state index in [1.807, 2.05) is 19.1 Å². The fourth-order valence-electron chi connectivity index (χ4n) is 2.95. The maximum atomic E-state index is 10.4. The Morgan fingerprint density at radius 3 is 3.00 bits per heavy atom.